The van der Waals surface area contributed by atoms with Gasteiger partial charge in [-0.05, 0) is 23.5 Å². The fourth-order valence-corrected chi connectivity index (χ4v) is 4.81. The smallest absolute Gasteiger partial charge is 0.310 e. The summed E-state index contributed by atoms with van der Waals surface area (Å²) in [4.78, 5) is 26.7. The first-order valence-corrected chi connectivity index (χ1v) is 9.38. The number of carboxylic acids is 1. The number of benzene rings is 1. The highest BCUT2D eigenvalue weighted by molar-refractivity contribution is 5.91. The van der Waals surface area contributed by atoms with Crippen molar-refractivity contribution in [3.63, 3.8) is 0 Å². The Bertz CT molecular complexity index is 769. The molecule has 5 heteroatoms. The Balaban J connectivity index is 1.64. The van der Waals surface area contributed by atoms with E-state index in [0.717, 1.165) is 12.0 Å². The van der Waals surface area contributed by atoms with Gasteiger partial charge in [-0.2, -0.15) is 0 Å². The molecular weight excluding hydrogens is 330 g/mol. The molecule has 1 spiro atoms. The summed E-state index contributed by atoms with van der Waals surface area (Å²) in [7, 11) is 0. The quantitative estimate of drug-likeness (QED) is 0.824. The van der Waals surface area contributed by atoms with Crippen LogP contribution in [0.15, 0.2) is 36.4 Å². The zero-order valence-electron chi connectivity index (χ0n) is 15.4. The Morgan fingerprint density at radius 3 is 2.54 bits per heavy atom. The van der Waals surface area contributed by atoms with Crippen LogP contribution in [0.3, 0.4) is 0 Å². The van der Waals surface area contributed by atoms with Crippen molar-refractivity contribution in [3.05, 3.63) is 47.5 Å². The molecule has 2 saturated heterocycles. The number of amides is 1. The predicted octanol–water partition coefficient (Wildman–Crippen LogP) is 3.13. The topological polar surface area (TPSA) is 66.8 Å². The number of carbonyl (C=O) groups is 2. The Morgan fingerprint density at radius 2 is 1.96 bits per heavy atom. The largest absolute Gasteiger partial charge is 0.481 e. The molecular formula is C21H25NO4. The van der Waals surface area contributed by atoms with Crippen molar-refractivity contribution in [3.8, 4) is 0 Å². The summed E-state index contributed by atoms with van der Waals surface area (Å²) >= 11 is 0. The SMILES string of the molecule is CCC(c1ccc(C(C)C)cc1)N1CC23C=CC(O2)C(C(=O)O)C3C1=O. The minimum absolute atomic E-state index is 0.0609. The maximum absolute atomic E-state index is 13.2. The van der Waals surface area contributed by atoms with Crippen LogP contribution in [0, 0.1) is 11.8 Å². The van der Waals surface area contributed by atoms with E-state index < -0.39 is 29.5 Å². The molecule has 0 radical (unpaired) electrons. The summed E-state index contributed by atoms with van der Waals surface area (Å²) in [5, 5.41) is 9.59. The first-order chi connectivity index (χ1) is 12.4. The van der Waals surface area contributed by atoms with Gasteiger partial charge < -0.3 is 14.7 Å². The highest BCUT2D eigenvalue weighted by atomic mass is 16.5. The third-order valence-corrected chi connectivity index (χ3v) is 6.17. The van der Waals surface area contributed by atoms with Crippen molar-refractivity contribution < 1.29 is 19.4 Å². The lowest BCUT2D eigenvalue weighted by atomic mass is 9.77. The van der Waals surface area contributed by atoms with Gasteiger partial charge in [0.25, 0.3) is 0 Å². The maximum atomic E-state index is 13.2. The molecule has 2 fully saturated rings. The lowest BCUT2D eigenvalue weighted by Gasteiger charge is -2.30. The van der Waals surface area contributed by atoms with Gasteiger partial charge in [-0.1, -0.05) is 57.2 Å². The third-order valence-electron chi connectivity index (χ3n) is 6.17. The lowest BCUT2D eigenvalue weighted by molar-refractivity contribution is -0.148. The van der Waals surface area contributed by atoms with Gasteiger partial charge in [0.15, 0.2) is 0 Å². The molecule has 1 aromatic carbocycles. The van der Waals surface area contributed by atoms with Crippen LogP contribution in [0.1, 0.15) is 50.3 Å². The minimum Gasteiger partial charge on any atom is -0.481 e. The van der Waals surface area contributed by atoms with Crippen LogP contribution < -0.4 is 0 Å². The molecule has 0 aliphatic carbocycles. The molecule has 138 valence electrons. The van der Waals surface area contributed by atoms with Crippen molar-refractivity contribution >= 4 is 11.9 Å². The summed E-state index contributed by atoms with van der Waals surface area (Å²) in [6.07, 6.45) is 4.02. The summed E-state index contributed by atoms with van der Waals surface area (Å²) in [6, 6.07) is 8.35. The summed E-state index contributed by atoms with van der Waals surface area (Å²) in [6.45, 7) is 6.80. The molecule has 1 aromatic rings. The van der Waals surface area contributed by atoms with Gasteiger partial charge in [0, 0.05) is 0 Å². The van der Waals surface area contributed by atoms with Gasteiger partial charge in [-0.15, -0.1) is 0 Å². The van der Waals surface area contributed by atoms with Crippen molar-refractivity contribution in [2.45, 2.75) is 50.9 Å². The van der Waals surface area contributed by atoms with E-state index in [1.807, 2.05) is 17.1 Å². The van der Waals surface area contributed by atoms with E-state index in [-0.39, 0.29) is 11.9 Å². The molecule has 4 rings (SSSR count). The van der Waals surface area contributed by atoms with Gasteiger partial charge in [-0.25, -0.2) is 0 Å². The molecule has 2 bridgehead atoms. The molecule has 3 aliphatic heterocycles. The minimum atomic E-state index is -0.948. The van der Waals surface area contributed by atoms with E-state index in [1.54, 1.807) is 0 Å². The summed E-state index contributed by atoms with van der Waals surface area (Å²) < 4.78 is 5.99. The number of hydrogen-bond acceptors (Lipinski definition) is 3. The molecule has 5 nitrogen and oxygen atoms in total. The van der Waals surface area contributed by atoms with Gasteiger partial charge in [-0.3, -0.25) is 9.59 Å². The number of aliphatic carboxylic acids is 1. The van der Waals surface area contributed by atoms with Crippen LogP contribution in [0.4, 0.5) is 0 Å². The van der Waals surface area contributed by atoms with E-state index in [9.17, 15) is 14.7 Å². The second kappa shape index (κ2) is 5.95. The molecule has 0 aromatic heterocycles. The number of carboxylic acid groups (broad SMARTS) is 1. The molecule has 5 unspecified atom stereocenters. The van der Waals surface area contributed by atoms with E-state index in [2.05, 4.69) is 45.0 Å². The standard InChI is InChI=1S/C21H25NO4/c1-4-15(14-7-5-13(6-8-14)12(2)3)22-11-21-10-9-16(26-21)17(20(24)25)18(21)19(22)23/h5-10,12,15-18H,4,11H2,1-3H3,(H,24,25). The lowest BCUT2D eigenvalue weighted by Crippen LogP contribution is -2.39. The van der Waals surface area contributed by atoms with E-state index in [4.69, 9.17) is 4.74 Å². The number of nitrogens with zero attached hydrogens (tertiary/aromatic N) is 1. The average molecular weight is 355 g/mol. The van der Waals surface area contributed by atoms with Crippen LogP contribution >= 0.6 is 0 Å². The highest BCUT2D eigenvalue weighted by Crippen LogP contribution is 2.53. The van der Waals surface area contributed by atoms with E-state index >= 15 is 0 Å². The number of carbonyl (C=O) groups excluding carboxylic acids is 1. The predicted molar refractivity (Wildman–Crippen MR) is 96.6 cm³/mol. The fourth-order valence-electron chi connectivity index (χ4n) is 4.81. The zero-order valence-corrected chi connectivity index (χ0v) is 15.4. The van der Waals surface area contributed by atoms with E-state index in [1.165, 1.54) is 5.56 Å². The first-order valence-electron chi connectivity index (χ1n) is 9.38. The van der Waals surface area contributed by atoms with Crippen LogP contribution in [-0.2, 0) is 14.3 Å². The van der Waals surface area contributed by atoms with E-state index in [0.29, 0.717) is 12.5 Å². The van der Waals surface area contributed by atoms with Gasteiger partial charge >= 0.3 is 5.97 Å². The second-order valence-electron chi connectivity index (χ2n) is 7.95. The van der Waals surface area contributed by atoms with Crippen molar-refractivity contribution in [2.24, 2.45) is 11.8 Å². The Labute approximate surface area is 153 Å². The molecule has 3 aliphatic rings. The fraction of sp³-hybridized carbons (Fsp3) is 0.524. The van der Waals surface area contributed by atoms with Crippen LogP contribution in [0.25, 0.3) is 0 Å². The van der Waals surface area contributed by atoms with Crippen molar-refractivity contribution in [1.82, 2.24) is 4.90 Å². The van der Waals surface area contributed by atoms with Crippen LogP contribution in [0.5, 0.6) is 0 Å². The second-order valence-corrected chi connectivity index (χ2v) is 7.95. The van der Waals surface area contributed by atoms with Gasteiger partial charge in [0.2, 0.25) is 5.91 Å². The van der Waals surface area contributed by atoms with Crippen molar-refractivity contribution in [1.29, 1.82) is 0 Å². The number of ether oxygens (including phenoxy) is 1. The Kier molecular flexibility index (Phi) is 3.95. The van der Waals surface area contributed by atoms with Crippen LogP contribution in [-0.4, -0.2) is 40.1 Å². The molecule has 5 atom stereocenters. The average Bonchev–Trinajstić information content (AvgIpc) is 3.25. The Morgan fingerprint density at radius 1 is 1.31 bits per heavy atom. The third kappa shape index (κ3) is 2.33. The molecule has 0 saturated carbocycles. The number of hydrogen-bond donors (Lipinski definition) is 1. The zero-order chi connectivity index (χ0) is 18.6. The molecule has 26 heavy (non-hydrogen) atoms. The normalized spacial score (nSPS) is 33.2. The summed E-state index contributed by atoms with van der Waals surface area (Å²) in [5.41, 5.74) is 1.59. The summed E-state index contributed by atoms with van der Waals surface area (Å²) in [5.74, 6) is -1.97. The highest BCUT2D eigenvalue weighted by Gasteiger charge is 2.67. The molecule has 3 heterocycles. The van der Waals surface area contributed by atoms with Crippen molar-refractivity contribution in [2.75, 3.05) is 6.54 Å². The molecule has 1 N–H and O–H groups in total. The number of fused-ring (bicyclic) bond motifs is 1. The Hall–Kier alpha value is -2.14. The number of likely N-dealkylation sites (tertiary alicyclic amines) is 1. The number of rotatable bonds is 5. The molecule has 1 amide bonds. The maximum Gasteiger partial charge on any atom is 0.310 e. The van der Waals surface area contributed by atoms with Gasteiger partial charge in [0.1, 0.15) is 11.5 Å². The monoisotopic (exact) mass is 355 g/mol. The van der Waals surface area contributed by atoms with Crippen LogP contribution in [0.2, 0.25) is 0 Å². The van der Waals surface area contributed by atoms with Gasteiger partial charge in [0.05, 0.1) is 24.6 Å². The first kappa shape index (κ1) is 17.3.